The Balaban J connectivity index is 1.42. The van der Waals surface area contributed by atoms with Gasteiger partial charge >= 0.3 is 12.2 Å². The van der Waals surface area contributed by atoms with Crippen molar-refractivity contribution < 1.29 is 22.8 Å². The van der Waals surface area contributed by atoms with Crippen molar-refractivity contribution in [3.05, 3.63) is 41.6 Å². The number of carbonyl (C=O) groups excluding carboxylic acids is 2. The van der Waals surface area contributed by atoms with Gasteiger partial charge in [0.25, 0.3) is 0 Å². The second-order valence-electron chi connectivity index (χ2n) is 9.83. The van der Waals surface area contributed by atoms with E-state index >= 15 is 0 Å². The van der Waals surface area contributed by atoms with Gasteiger partial charge < -0.3 is 19.4 Å². The highest BCUT2D eigenvalue weighted by Crippen LogP contribution is 2.35. The monoisotopic (exact) mass is 553 g/mol. The molecule has 1 N–H and O–H groups in total. The third-order valence-electron chi connectivity index (χ3n) is 7.07. The number of amides is 2. The van der Waals surface area contributed by atoms with E-state index in [1.54, 1.807) is 42.2 Å². The number of anilines is 2. The van der Waals surface area contributed by atoms with E-state index in [-0.39, 0.29) is 17.9 Å². The minimum absolute atomic E-state index is 0.0631. The first-order valence-electron chi connectivity index (χ1n) is 12.6. The van der Waals surface area contributed by atoms with E-state index in [9.17, 15) is 22.8 Å². The van der Waals surface area contributed by atoms with Crippen molar-refractivity contribution in [2.45, 2.75) is 25.6 Å². The molecule has 4 rings (SSSR count). The lowest BCUT2D eigenvalue weighted by Gasteiger charge is -2.37. The van der Waals surface area contributed by atoms with E-state index in [0.29, 0.717) is 70.2 Å². The lowest BCUT2D eigenvalue weighted by atomic mass is 9.94. The summed E-state index contributed by atoms with van der Waals surface area (Å²) in [6.07, 6.45) is 0.271. The van der Waals surface area contributed by atoms with Crippen LogP contribution in [0.25, 0.3) is 0 Å². The predicted octanol–water partition coefficient (Wildman–Crippen LogP) is 3.68. The minimum atomic E-state index is -4.43. The Labute approximate surface area is 225 Å². The zero-order valence-electron chi connectivity index (χ0n) is 21.9. The van der Waals surface area contributed by atoms with E-state index < -0.39 is 11.7 Å². The molecule has 2 saturated heterocycles. The summed E-state index contributed by atoms with van der Waals surface area (Å²) in [7, 11) is 3.45. The summed E-state index contributed by atoms with van der Waals surface area (Å²) in [6.45, 7) is 3.73. The Bertz CT molecular complexity index is 1120. The van der Waals surface area contributed by atoms with Crippen LogP contribution in [0.1, 0.15) is 24.0 Å². The predicted molar refractivity (Wildman–Crippen MR) is 142 cm³/mol. The first kappa shape index (κ1) is 28.1. The topological polar surface area (TPSA) is 77.0 Å². The van der Waals surface area contributed by atoms with Crippen LogP contribution in [0.4, 0.5) is 29.5 Å². The highest BCUT2D eigenvalue weighted by atomic mass is 32.2. The summed E-state index contributed by atoms with van der Waals surface area (Å²) in [5.41, 5.74) is 0.710. The fourth-order valence-electron chi connectivity index (χ4n) is 4.97. The van der Waals surface area contributed by atoms with Crippen LogP contribution >= 0.6 is 11.9 Å². The standard InChI is InChI=1S/C25H34F3N7O2S/c1-31(2)23(36)18-6-9-33(10-7-18)21-16-20(25(26,27)28)5-4-19(21)17-32-12-14-34(15-13-32)24(37)35-11-8-22(29-35)30-38-3/h4-5,8,11,16,18H,6-7,9-10,12-15,17H2,1-3H3,(H,29,30). The lowest BCUT2D eigenvalue weighted by molar-refractivity contribution is -0.137. The first-order valence-corrected chi connectivity index (χ1v) is 13.8. The van der Waals surface area contributed by atoms with E-state index in [4.69, 9.17) is 0 Å². The molecule has 1 aromatic carbocycles. The van der Waals surface area contributed by atoms with Crippen molar-refractivity contribution >= 4 is 35.4 Å². The summed E-state index contributed by atoms with van der Waals surface area (Å²) < 4.78 is 45.0. The molecule has 0 aliphatic carbocycles. The smallest absolute Gasteiger partial charge is 0.371 e. The molecule has 0 spiro atoms. The number of aromatic nitrogens is 2. The van der Waals surface area contributed by atoms with Gasteiger partial charge in [0.2, 0.25) is 5.91 Å². The largest absolute Gasteiger partial charge is 0.416 e. The molecule has 2 aromatic rings. The van der Waals surface area contributed by atoms with Gasteiger partial charge in [0.05, 0.1) is 5.56 Å². The molecule has 0 atom stereocenters. The first-order chi connectivity index (χ1) is 18.1. The fourth-order valence-corrected chi connectivity index (χ4v) is 5.29. The molecule has 13 heteroatoms. The molecule has 208 valence electrons. The normalized spacial score (nSPS) is 17.5. The molecule has 2 aliphatic rings. The maximum atomic E-state index is 13.6. The zero-order chi connectivity index (χ0) is 27.4. The number of hydrogen-bond donors (Lipinski definition) is 1. The van der Waals surface area contributed by atoms with Crippen LogP contribution in [0.5, 0.6) is 0 Å². The summed E-state index contributed by atoms with van der Waals surface area (Å²) in [5, 5.41) is 4.24. The molecular weight excluding hydrogens is 519 g/mol. The molecule has 0 radical (unpaired) electrons. The molecule has 2 aliphatic heterocycles. The number of alkyl halides is 3. The SMILES string of the molecule is CSNc1ccn(C(=O)N2CCN(Cc3ccc(C(F)(F)F)cc3N3CCC(C(=O)N(C)C)CC3)CC2)n1. The summed E-state index contributed by atoms with van der Waals surface area (Å²) in [6, 6.07) is 5.47. The van der Waals surface area contributed by atoms with Gasteiger partial charge in [-0.3, -0.25) is 9.69 Å². The number of piperazine rings is 1. The molecule has 3 heterocycles. The number of hydrogen-bond acceptors (Lipinski definition) is 7. The second kappa shape index (κ2) is 11.9. The van der Waals surface area contributed by atoms with Crippen molar-refractivity contribution in [1.82, 2.24) is 24.5 Å². The Kier molecular flexibility index (Phi) is 8.76. The van der Waals surface area contributed by atoms with Crippen LogP contribution in [0.2, 0.25) is 0 Å². The molecule has 1 aromatic heterocycles. The van der Waals surface area contributed by atoms with Crippen LogP contribution in [0, 0.1) is 5.92 Å². The third-order valence-corrected chi connectivity index (χ3v) is 7.48. The zero-order valence-corrected chi connectivity index (χ0v) is 22.7. The molecule has 0 unspecified atom stereocenters. The Morgan fingerprint density at radius 1 is 1.08 bits per heavy atom. The van der Waals surface area contributed by atoms with E-state index in [1.165, 1.54) is 22.7 Å². The van der Waals surface area contributed by atoms with Crippen LogP contribution in [-0.4, -0.2) is 96.0 Å². The van der Waals surface area contributed by atoms with Crippen LogP contribution in [0.15, 0.2) is 30.5 Å². The fraction of sp³-hybridized carbons (Fsp3) is 0.560. The van der Waals surface area contributed by atoms with Gasteiger partial charge in [-0.15, -0.1) is 5.10 Å². The van der Waals surface area contributed by atoms with Gasteiger partial charge in [-0.2, -0.15) is 17.9 Å². The van der Waals surface area contributed by atoms with Crippen molar-refractivity contribution in [2.75, 3.05) is 69.2 Å². The average molecular weight is 554 g/mol. The van der Waals surface area contributed by atoms with Crippen molar-refractivity contribution in [2.24, 2.45) is 5.92 Å². The molecule has 2 fully saturated rings. The summed E-state index contributed by atoms with van der Waals surface area (Å²) >= 11 is 1.39. The molecule has 2 amide bonds. The number of nitrogens with zero attached hydrogens (tertiary/aromatic N) is 6. The van der Waals surface area contributed by atoms with Crippen molar-refractivity contribution in [1.29, 1.82) is 0 Å². The molecular formula is C25H34F3N7O2S. The van der Waals surface area contributed by atoms with Gasteiger partial charge in [-0.25, -0.2) is 4.79 Å². The maximum absolute atomic E-state index is 13.6. The van der Waals surface area contributed by atoms with E-state index in [1.807, 2.05) is 11.2 Å². The van der Waals surface area contributed by atoms with Crippen LogP contribution in [-0.2, 0) is 17.5 Å². The van der Waals surface area contributed by atoms with E-state index in [0.717, 1.165) is 11.6 Å². The van der Waals surface area contributed by atoms with Gasteiger partial charge in [-0.05, 0) is 30.5 Å². The minimum Gasteiger partial charge on any atom is -0.371 e. The Morgan fingerprint density at radius 3 is 2.37 bits per heavy atom. The molecule has 9 nitrogen and oxygen atoms in total. The third kappa shape index (κ3) is 6.55. The van der Waals surface area contributed by atoms with Gasteiger partial charge in [0.15, 0.2) is 5.82 Å². The van der Waals surface area contributed by atoms with Gasteiger partial charge in [0.1, 0.15) is 0 Å². The molecule has 0 bridgehead atoms. The average Bonchev–Trinajstić information content (AvgIpc) is 3.37. The second-order valence-corrected chi connectivity index (χ2v) is 10.4. The van der Waals surface area contributed by atoms with Gasteiger partial charge in [0, 0.05) is 90.0 Å². The van der Waals surface area contributed by atoms with Crippen LogP contribution in [0.3, 0.4) is 0 Å². The number of rotatable bonds is 6. The van der Waals surface area contributed by atoms with Crippen molar-refractivity contribution in [3.63, 3.8) is 0 Å². The Hall–Kier alpha value is -2.93. The molecule has 38 heavy (non-hydrogen) atoms. The number of benzene rings is 1. The number of carbonyl (C=O) groups is 2. The van der Waals surface area contributed by atoms with Crippen molar-refractivity contribution in [3.8, 4) is 0 Å². The van der Waals surface area contributed by atoms with Crippen LogP contribution < -0.4 is 9.62 Å². The summed E-state index contributed by atoms with van der Waals surface area (Å²) in [5.74, 6) is 0.561. The highest BCUT2D eigenvalue weighted by molar-refractivity contribution is 7.99. The quantitative estimate of drug-likeness (QED) is 0.547. The maximum Gasteiger partial charge on any atom is 0.416 e. The van der Waals surface area contributed by atoms with E-state index in [2.05, 4.69) is 14.7 Å². The number of piperidine rings is 1. The summed E-state index contributed by atoms with van der Waals surface area (Å²) in [4.78, 5) is 32.6. The highest BCUT2D eigenvalue weighted by Gasteiger charge is 2.33. The molecule has 0 saturated carbocycles. The number of halogens is 3. The number of nitrogens with one attached hydrogen (secondary N) is 1. The Morgan fingerprint density at radius 2 is 1.76 bits per heavy atom. The lowest BCUT2D eigenvalue weighted by Crippen LogP contribution is -2.49. The van der Waals surface area contributed by atoms with Gasteiger partial charge in [-0.1, -0.05) is 18.0 Å².